The Hall–Kier alpha value is -3.45. The molecule has 1 N–H and O–H groups in total. The van der Waals surface area contributed by atoms with Crippen molar-refractivity contribution in [2.24, 2.45) is 0 Å². The predicted octanol–water partition coefficient (Wildman–Crippen LogP) is 3.84. The molecule has 2 aromatic carbocycles. The number of amides is 2. The average Bonchev–Trinajstić information content (AvgIpc) is 3.34. The molecule has 0 bridgehead atoms. The van der Waals surface area contributed by atoms with Gasteiger partial charge in [0.15, 0.2) is 6.61 Å². The first-order valence-corrected chi connectivity index (χ1v) is 11.4. The minimum atomic E-state index is -0.315. The highest BCUT2D eigenvalue weighted by molar-refractivity contribution is 7.12. The highest BCUT2D eigenvalue weighted by Gasteiger charge is 2.29. The molecule has 0 aliphatic carbocycles. The number of ether oxygens (including phenoxy) is 1. The molecule has 0 unspecified atom stereocenters. The van der Waals surface area contributed by atoms with Gasteiger partial charge >= 0.3 is 0 Å². The SMILES string of the molecule is C[C@@H](CCc1ccccc1)NC(=O)CN1C(=O)COc2ccc(C(=O)c3cccs3)cc21. The number of ketones is 1. The maximum Gasteiger partial charge on any atom is 0.265 e. The first-order chi connectivity index (χ1) is 15.5. The molecular weight excluding hydrogens is 424 g/mol. The zero-order valence-electron chi connectivity index (χ0n) is 17.7. The van der Waals surface area contributed by atoms with Crippen molar-refractivity contribution in [2.75, 3.05) is 18.1 Å². The maximum absolute atomic E-state index is 12.7. The third kappa shape index (κ3) is 5.06. The molecule has 0 saturated carbocycles. The van der Waals surface area contributed by atoms with Gasteiger partial charge < -0.3 is 10.1 Å². The molecule has 1 aliphatic heterocycles. The molecule has 32 heavy (non-hydrogen) atoms. The van der Waals surface area contributed by atoms with Gasteiger partial charge in [0.1, 0.15) is 12.3 Å². The van der Waals surface area contributed by atoms with Crippen molar-refractivity contribution >= 4 is 34.6 Å². The third-order valence-electron chi connectivity index (χ3n) is 5.33. The van der Waals surface area contributed by atoms with Crippen LogP contribution in [0.4, 0.5) is 5.69 Å². The topological polar surface area (TPSA) is 75.7 Å². The summed E-state index contributed by atoms with van der Waals surface area (Å²) in [4.78, 5) is 40.0. The normalized spacial score (nSPS) is 13.8. The van der Waals surface area contributed by atoms with Crippen LogP contribution in [-0.2, 0) is 16.0 Å². The van der Waals surface area contributed by atoms with E-state index in [4.69, 9.17) is 4.74 Å². The van der Waals surface area contributed by atoms with E-state index in [0.29, 0.717) is 21.9 Å². The minimum Gasteiger partial charge on any atom is -0.482 e. The lowest BCUT2D eigenvalue weighted by molar-refractivity contribution is -0.125. The summed E-state index contributed by atoms with van der Waals surface area (Å²) in [6.07, 6.45) is 1.65. The second-order valence-corrected chi connectivity index (χ2v) is 8.70. The van der Waals surface area contributed by atoms with Gasteiger partial charge in [-0.25, -0.2) is 0 Å². The Labute approximate surface area is 190 Å². The number of carbonyl (C=O) groups excluding carboxylic acids is 3. The zero-order chi connectivity index (χ0) is 22.5. The molecule has 0 radical (unpaired) electrons. The number of benzene rings is 2. The molecule has 1 atom stereocenters. The van der Waals surface area contributed by atoms with Crippen LogP contribution in [0, 0.1) is 0 Å². The van der Waals surface area contributed by atoms with E-state index in [0.717, 1.165) is 12.8 Å². The van der Waals surface area contributed by atoms with Crippen LogP contribution in [0.1, 0.15) is 34.1 Å². The van der Waals surface area contributed by atoms with Crippen LogP contribution in [0.2, 0.25) is 0 Å². The Balaban J connectivity index is 1.43. The van der Waals surface area contributed by atoms with Gasteiger partial charge in [0.2, 0.25) is 11.7 Å². The predicted molar refractivity (Wildman–Crippen MR) is 124 cm³/mol. The Morgan fingerprint density at radius 2 is 1.94 bits per heavy atom. The van der Waals surface area contributed by atoms with Crippen molar-refractivity contribution in [1.82, 2.24) is 5.32 Å². The summed E-state index contributed by atoms with van der Waals surface area (Å²) < 4.78 is 5.51. The van der Waals surface area contributed by atoms with E-state index >= 15 is 0 Å². The second-order valence-electron chi connectivity index (χ2n) is 7.75. The number of hydrogen-bond acceptors (Lipinski definition) is 5. The largest absolute Gasteiger partial charge is 0.482 e. The van der Waals surface area contributed by atoms with E-state index in [2.05, 4.69) is 17.4 Å². The minimum absolute atomic E-state index is 0.0370. The molecule has 164 valence electrons. The average molecular weight is 449 g/mol. The molecule has 0 saturated heterocycles. The van der Waals surface area contributed by atoms with Crippen molar-refractivity contribution in [3.8, 4) is 5.75 Å². The van der Waals surface area contributed by atoms with Gasteiger partial charge in [-0.15, -0.1) is 11.3 Å². The number of anilines is 1. The summed E-state index contributed by atoms with van der Waals surface area (Å²) in [5, 5.41) is 4.81. The first-order valence-electron chi connectivity index (χ1n) is 10.5. The molecule has 1 aromatic heterocycles. The van der Waals surface area contributed by atoms with Crippen LogP contribution in [-0.4, -0.2) is 36.8 Å². The van der Waals surface area contributed by atoms with Crippen LogP contribution in [0.25, 0.3) is 0 Å². The summed E-state index contributed by atoms with van der Waals surface area (Å²) in [5.74, 6) is -0.205. The first kappa shape index (κ1) is 21.8. The van der Waals surface area contributed by atoms with E-state index in [-0.39, 0.29) is 36.8 Å². The Morgan fingerprint density at radius 1 is 1.12 bits per heavy atom. The van der Waals surface area contributed by atoms with E-state index in [1.807, 2.05) is 36.6 Å². The lowest BCUT2D eigenvalue weighted by atomic mass is 10.1. The molecule has 0 fully saturated rings. The second kappa shape index (κ2) is 9.78. The fourth-order valence-electron chi connectivity index (χ4n) is 3.63. The van der Waals surface area contributed by atoms with E-state index < -0.39 is 0 Å². The van der Waals surface area contributed by atoms with Gasteiger partial charge in [-0.2, -0.15) is 0 Å². The Morgan fingerprint density at radius 3 is 2.69 bits per heavy atom. The number of thiophene rings is 1. The van der Waals surface area contributed by atoms with Crippen molar-refractivity contribution < 1.29 is 19.1 Å². The third-order valence-corrected chi connectivity index (χ3v) is 6.20. The molecule has 1 aliphatic rings. The molecule has 2 amide bonds. The number of rotatable bonds is 8. The van der Waals surface area contributed by atoms with Crippen molar-refractivity contribution in [3.63, 3.8) is 0 Å². The van der Waals surface area contributed by atoms with Crippen LogP contribution in [0.15, 0.2) is 66.0 Å². The van der Waals surface area contributed by atoms with Crippen LogP contribution in [0.5, 0.6) is 5.75 Å². The quantitative estimate of drug-likeness (QED) is 0.531. The van der Waals surface area contributed by atoms with Crippen LogP contribution in [0.3, 0.4) is 0 Å². The maximum atomic E-state index is 12.7. The fraction of sp³-hybridized carbons (Fsp3) is 0.240. The standard InChI is InChI=1S/C25H24N2O4S/c1-17(9-10-18-6-3-2-4-7-18)26-23(28)15-27-20-14-19(25(30)22-8-5-13-32-22)11-12-21(20)31-16-24(27)29/h2-8,11-14,17H,9-10,15-16H2,1H3,(H,26,28)/t17-/m0/s1. The molecule has 4 rings (SSSR count). The number of fused-ring (bicyclic) bond motifs is 1. The van der Waals surface area contributed by atoms with Crippen molar-refractivity contribution in [3.05, 3.63) is 82.0 Å². The van der Waals surface area contributed by atoms with Gasteiger partial charge in [-0.05, 0) is 55.0 Å². The van der Waals surface area contributed by atoms with E-state index in [9.17, 15) is 14.4 Å². The lowest BCUT2D eigenvalue weighted by Crippen LogP contribution is -2.47. The fourth-order valence-corrected chi connectivity index (χ4v) is 4.32. The Bertz CT molecular complexity index is 1110. The Kier molecular flexibility index (Phi) is 6.66. The van der Waals surface area contributed by atoms with Crippen molar-refractivity contribution in [1.29, 1.82) is 0 Å². The van der Waals surface area contributed by atoms with Crippen LogP contribution >= 0.6 is 11.3 Å². The smallest absolute Gasteiger partial charge is 0.265 e. The van der Waals surface area contributed by atoms with Gasteiger partial charge in [0.05, 0.1) is 10.6 Å². The summed E-state index contributed by atoms with van der Waals surface area (Å²) in [6, 6.07) is 18.6. The number of hydrogen-bond donors (Lipinski definition) is 1. The molecule has 7 heteroatoms. The van der Waals surface area contributed by atoms with Crippen LogP contribution < -0.4 is 15.0 Å². The van der Waals surface area contributed by atoms with Gasteiger partial charge in [-0.1, -0.05) is 36.4 Å². The summed E-state index contributed by atoms with van der Waals surface area (Å²) >= 11 is 1.36. The summed E-state index contributed by atoms with van der Waals surface area (Å²) in [5.41, 5.74) is 2.11. The summed E-state index contributed by atoms with van der Waals surface area (Å²) in [6.45, 7) is 1.69. The number of aryl methyl sites for hydroxylation is 1. The molecular formula is C25H24N2O4S. The van der Waals surface area contributed by atoms with Gasteiger partial charge in [0.25, 0.3) is 5.91 Å². The summed E-state index contributed by atoms with van der Waals surface area (Å²) in [7, 11) is 0. The molecule has 6 nitrogen and oxygen atoms in total. The highest BCUT2D eigenvalue weighted by atomic mass is 32.1. The highest BCUT2D eigenvalue weighted by Crippen LogP contribution is 2.33. The number of nitrogens with one attached hydrogen (secondary N) is 1. The van der Waals surface area contributed by atoms with Gasteiger partial charge in [-0.3, -0.25) is 19.3 Å². The molecule has 0 spiro atoms. The van der Waals surface area contributed by atoms with E-state index in [1.165, 1.54) is 21.8 Å². The van der Waals surface area contributed by atoms with Gasteiger partial charge in [0, 0.05) is 11.6 Å². The molecule has 2 heterocycles. The van der Waals surface area contributed by atoms with Crippen molar-refractivity contribution in [2.45, 2.75) is 25.8 Å². The number of carbonyl (C=O) groups is 3. The lowest BCUT2D eigenvalue weighted by Gasteiger charge is -2.29. The monoisotopic (exact) mass is 448 g/mol. The number of nitrogens with zero attached hydrogens (tertiary/aromatic N) is 1. The molecule has 3 aromatic rings. The van der Waals surface area contributed by atoms with E-state index in [1.54, 1.807) is 24.3 Å². The zero-order valence-corrected chi connectivity index (χ0v) is 18.6.